The third-order valence-corrected chi connectivity index (χ3v) is 6.27. The van der Waals surface area contributed by atoms with Crippen molar-refractivity contribution in [2.24, 2.45) is 0 Å². The first kappa shape index (κ1) is 19.8. The molecule has 0 spiro atoms. The largest absolute Gasteiger partial charge is 0.322 e. The first-order valence-electron chi connectivity index (χ1n) is 7.79. The van der Waals surface area contributed by atoms with Crippen molar-refractivity contribution in [3.63, 3.8) is 0 Å². The molecule has 1 amide bonds. The molecule has 0 saturated heterocycles. The van der Waals surface area contributed by atoms with Gasteiger partial charge in [-0.1, -0.05) is 15.9 Å². The minimum atomic E-state index is -3.71. The van der Waals surface area contributed by atoms with Gasteiger partial charge in [0.2, 0.25) is 0 Å². The number of amides is 1. The number of sulfonamides is 1. The predicted molar refractivity (Wildman–Crippen MR) is 119 cm³/mol. The van der Waals surface area contributed by atoms with E-state index in [0.29, 0.717) is 16.9 Å². The fraction of sp³-hybridized carbons (Fsp3) is 0. The number of benzene rings is 3. The molecule has 138 valence electrons. The van der Waals surface area contributed by atoms with E-state index in [1.165, 1.54) is 12.1 Å². The van der Waals surface area contributed by atoms with Crippen LogP contribution in [0.2, 0.25) is 0 Å². The summed E-state index contributed by atoms with van der Waals surface area (Å²) >= 11 is 5.47. The molecule has 5 nitrogen and oxygen atoms in total. The third-order valence-electron chi connectivity index (χ3n) is 3.63. The lowest BCUT2D eigenvalue weighted by molar-refractivity contribution is 0.102. The second kappa shape index (κ2) is 8.41. The molecule has 0 aliphatic carbocycles. The van der Waals surface area contributed by atoms with Gasteiger partial charge in [-0.3, -0.25) is 9.52 Å². The second-order valence-electron chi connectivity index (χ2n) is 5.60. The van der Waals surface area contributed by atoms with E-state index in [0.717, 1.165) is 8.04 Å². The van der Waals surface area contributed by atoms with Crippen molar-refractivity contribution in [2.45, 2.75) is 4.90 Å². The maximum atomic E-state index is 12.5. The molecule has 0 unspecified atom stereocenters. The first-order valence-corrected chi connectivity index (χ1v) is 11.1. The van der Waals surface area contributed by atoms with Gasteiger partial charge >= 0.3 is 0 Å². The van der Waals surface area contributed by atoms with Crippen LogP contribution in [0.1, 0.15) is 10.4 Å². The van der Waals surface area contributed by atoms with Crippen LogP contribution in [0.3, 0.4) is 0 Å². The van der Waals surface area contributed by atoms with Gasteiger partial charge in [0.25, 0.3) is 15.9 Å². The smallest absolute Gasteiger partial charge is 0.261 e. The predicted octanol–water partition coefficient (Wildman–Crippen LogP) is 5.11. The first-order chi connectivity index (χ1) is 12.8. The summed E-state index contributed by atoms with van der Waals surface area (Å²) in [5, 5.41) is 2.75. The highest BCUT2D eigenvalue weighted by Gasteiger charge is 2.14. The summed E-state index contributed by atoms with van der Waals surface area (Å²) in [7, 11) is -3.71. The molecule has 0 heterocycles. The van der Waals surface area contributed by atoms with Crippen molar-refractivity contribution in [3.8, 4) is 0 Å². The van der Waals surface area contributed by atoms with Gasteiger partial charge in [0, 0.05) is 25.0 Å². The molecule has 0 aliphatic heterocycles. The summed E-state index contributed by atoms with van der Waals surface area (Å²) in [6.07, 6.45) is 0. The van der Waals surface area contributed by atoms with Gasteiger partial charge in [-0.05, 0) is 95.4 Å². The Balaban J connectivity index is 1.71. The highest BCUT2D eigenvalue weighted by molar-refractivity contribution is 14.1. The van der Waals surface area contributed by atoms with Crippen LogP contribution < -0.4 is 10.0 Å². The second-order valence-corrected chi connectivity index (χ2v) is 9.44. The van der Waals surface area contributed by atoms with Gasteiger partial charge in [0.15, 0.2) is 0 Å². The number of carbonyl (C=O) groups excluding carboxylic acids is 1. The third kappa shape index (κ3) is 5.30. The van der Waals surface area contributed by atoms with Crippen molar-refractivity contribution in [1.29, 1.82) is 0 Å². The Bertz CT molecular complexity index is 1050. The van der Waals surface area contributed by atoms with Gasteiger partial charge in [0.1, 0.15) is 0 Å². The van der Waals surface area contributed by atoms with E-state index in [2.05, 4.69) is 48.6 Å². The number of rotatable bonds is 5. The molecule has 3 aromatic rings. The minimum absolute atomic E-state index is 0.109. The SMILES string of the molecule is O=C(Nc1ccc(S(=O)(=O)Nc2ccc(Br)cc2)cc1)c1ccc(I)cc1. The highest BCUT2D eigenvalue weighted by Crippen LogP contribution is 2.20. The van der Waals surface area contributed by atoms with Crippen LogP contribution in [0, 0.1) is 3.57 Å². The van der Waals surface area contributed by atoms with Gasteiger partial charge < -0.3 is 5.32 Å². The van der Waals surface area contributed by atoms with Crippen molar-refractivity contribution in [3.05, 3.63) is 86.4 Å². The van der Waals surface area contributed by atoms with Gasteiger partial charge in [-0.2, -0.15) is 0 Å². The zero-order valence-corrected chi connectivity index (χ0v) is 18.4. The lowest BCUT2D eigenvalue weighted by Crippen LogP contribution is -2.14. The monoisotopic (exact) mass is 556 g/mol. The average Bonchev–Trinajstić information content (AvgIpc) is 2.64. The molecule has 8 heteroatoms. The summed E-state index contributed by atoms with van der Waals surface area (Å²) in [6.45, 7) is 0. The normalized spacial score (nSPS) is 11.0. The Labute approximate surface area is 179 Å². The molecule has 0 saturated carbocycles. The van der Waals surface area contributed by atoms with E-state index >= 15 is 0 Å². The lowest BCUT2D eigenvalue weighted by Gasteiger charge is -2.10. The molecule has 2 N–H and O–H groups in total. The molecule has 0 atom stereocenters. The molecule has 27 heavy (non-hydrogen) atoms. The Morgan fingerprint density at radius 3 is 1.96 bits per heavy atom. The van der Waals surface area contributed by atoms with Gasteiger partial charge in [0.05, 0.1) is 4.90 Å². The number of nitrogens with one attached hydrogen (secondary N) is 2. The lowest BCUT2D eigenvalue weighted by atomic mass is 10.2. The van der Waals surface area contributed by atoms with Gasteiger partial charge in [-0.15, -0.1) is 0 Å². The summed E-state index contributed by atoms with van der Waals surface area (Å²) in [6, 6.07) is 20.0. The van der Waals surface area contributed by atoms with Gasteiger partial charge in [-0.25, -0.2) is 8.42 Å². The van der Waals surface area contributed by atoms with E-state index in [9.17, 15) is 13.2 Å². The van der Waals surface area contributed by atoms with E-state index in [1.807, 2.05) is 12.1 Å². The van der Waals surface area contributed by atoms with E-state index in [-0.39, 0.29) is 10.8 Å². The van der Waals surface area contributed by atoms with Crippen LogP contribution in [0.25, 0.3) is 0 Å². The van der Waals surface area contributed by atoms with E-state index < -0.39 is 10.0 Å². The van der Waals surface area contributed by atoms with Crippen LogP contribution in [0.5, 0.6) is 0 Å². The van der Waals surface area contributed by atoms with Crippen molar-refractivity contribution < 1.29 is 13.2 Å². The average molecular weight is 557 g/mol. The zero-order chi connectivity index (χ0) is 19.4. The number of halogens is 2. The minimum Gasteiger partial charge on any atom is -0.322 e. The maximum absolute atomic E-state index is 12.5. The summed E-state index contributed by atoms with van der Waals surface area (Å²) < 4.78 is 29.3. The molecule has 3 rings (SSSR count). The Hall–Kier alpha value is -1.91. The van der Waals surface area contributed by atoms with E-state index in [4.69, 9.17) is 0 Å². The zero-order valence-electron chi connectivity index (χ0n) is 13.8. The van der Waals surface area contributed by atoms with E-state index in [1.54, 1.807) is 48.5 Å². The summed E-state index contributed by atoms with van der Waals surface area (Å²) in [5.74, 6) is -0.255. The molecule has 0 radical (unpaired) electrons. The molecule has 3 aromatic carbocycles. The highest BCUT2D eigenvalue weighted by atomic mass is 127. The van der Waals surface area contributed by atoms with Crippen LogP contribution in [-0.2, 0) is 10.0 Å². The summed E-state index contributed by atoms with van der Waals surface area (Å²) in [4.78, 5) is 12.3. The quantitative estimate of drug-likeness (QED) is 0.429. The Morgan fingerprint density at radius 1 is 0.815 bits per heavy atom. The van der Waals surface area contributed by atoms with Crippen LogP contribution in [0.4, 0.5) is 11.4 Å². The van der Waals surface area contributed by atoms with Crippen molar-refractivity contribution in [2.75, 3.05) is 10.0 Å². The van der Waals surface area contributed by atoms with Crippen molar-refractivity contribution in [1.82, 2.24) is 0 Å². The fourth-order valence-corrected chi connectivity index (χ4v) is 3.94. The molecule has 0 aliphatic rings. The molecule has 0 aromatic heterocycles. The molecule has 0 fully saturated rings. The summed E-state index contributed by atoms with van der Waals surface area (Å²) in [5.41, 5.74) is 1.51. The van der Waals surface area contributed by atoms with Crippen LogP contribution in [-0.4, -0.2) is 14.3 Å². The molecular weight excluding hydrogens is 543 g/mol. The standard InChI is InChI=1S/C19H14BrIN2O3S/c20-14-3-7-17(8-4-14)23-27(25,26)18-11-9-16(10-12-18)22-19(24)13-1-5-15(21)6-2-13/h1-12,23H,(H,22,24). The maximum Gasteiger partial charge on any atom is 0.261 e. The number of hydrogen-bond donors (Lipinski definition) is 2. The molecule has 0 bridgehead atoms. The number of hydrogen-bond acceptors (Lipinski definition) is 3. The Kier molecular flexibility index (Phi) is 6.18. The topological polar surface area (TPSA) is 75.3 Å². The Morgan fingerprint density at radius 2 is 1.37 bits per heavy atom. The number of carbonyl (C=O) groups is 1. The fourth-order valence-electron chi connectivity index (χ4n) is 2.25. The molecular formula is C19H14BrIN2O3S. The van der Waals surface area contributed by atoms with Crippen molar-refractivity contribution >= 4 is 65.8 Å². The van der Waals surface area contributed by atoms with Crippen LogP contribution >= 0.6 is 38.5 Å². The van der Waals surface area contributed by atoms with Crippen LogP contribution in [0.15, 0.2) is 82.2 Å². The number of anilines is 2.